The number of aryl methyl sites for hydroxylation is 2. The van der Waals surface area contributed by atoms with Crippen molar-refractivity contribution in [2.45, 2.75) is 26.7 Å². The van der Waals surface area contributed by atoms with Gasteiger partial charge in [0.15, 0.2) is 0 Å². The zero-order chi connectivity index (χ0) is 15.0. The van der Waals surface area contributed by atoms with E-state index < -0.39 is 0 Å². The molecule has 106 valence electrons. The second-order valence-electron chi connectivity index (χ2n) is 4.68. The number of anilines is 1. The van der Waals surface area contributed by atoms with Crippen LogP contribution in [0.4, 0.5) is 5.69 Å². The van der Waals surface area contributed by atoms with E-state index in [0.29, 0.717) is 15.9 Å². The van der Waals surface area contributed by atoms with Crippen molar-refractivity contribution in [3.05, 3.63) is 49.4 Å². The monoisotopic (exact) mass is 373 g/mol. The highest BCUT2D eigenvalue weighted by molar-refractivity contribution is 9.10. The first-order valence-electron chi connectivity index (χ1n) is 6.06. The highest BCUT2D eigenvalue weighted by Crippen LogP contribution is 2.38. The summed E-state index contributed by atoms with van der Waals surface area (Å²) < 4.78 is 0.867. The molecule has 1 unspecified atom stereocenters. The lowest BCUT2D eigenvalue weighted by Gasteiger charge is -2.19. The predicted octanol–water partition coefficient (Wildman–Crippen LogP) is 4.90. The molecular weight excluding hydrogens is 361 g/mol. The second kappa shape index (κ2) is 5.88. The molecule has 2 heterocycles. The molecule has 0 aliphatic carbocycles. The predicted molar refractivity (Wildman–Crippen MR) is 87.6 cm³/mol. The summed E-state index contributed by atoms with van der Waals surface area (Å²) in [4.78, 5) is 8.59. The Morgan fingerprint density at radius 1 is 1.25 bits per heavy atom. The van der Waals surface area contributed by atoms with E-state index in [2.05, 4.69) is 25.9 Å². The molecule has 3 nitrogen and oxygen atoms in total. The third kappa shape index (κ3) is 2.78. The molecule has 0 bridgehead atoms. The van der Waals surface area contributed by atoms with Gasteiger partial charge in [-0.1, -0.05) is 30.1 Å². The molecule has 0 radical (unpaired) electrons. The van der Waals surface area contributed by atoms with Crippen LogP contribution in [0.3, 0.4) is 0 Å². The largest absolute Gasteiger partial charge is 0.397 e. The molecule has 2 N–H and O–H groups in total. The lowest BCUT2D eigenvalue weighted by atomic mass is 9.91. The Labute approximate surface area is 136 Å². The van der Waals surface area contributed by atoms with Crippen molar-refractivity contribution in [3.63, 3.8) is 0 Å². The Morgan fingerprint density at radius 2 is 1.90 bits per heavy atom. The minimum atomic E-state index is -0.0434. The summed E-state index contributed by atoms with van der Waals surface area (Å²) in [5, 5.41) is 0.952. The van der Waals surface area contributed by atoms with E-state index in [1.165, 1.54) is 0 Å². The molecule has 2 aromatic heterocycles. The summed E-state index contributed by atoms with van der Waals surface area (Å²) in [5.41, 5.74) is 10.1. The van der Waals surface area contributed by atoms with Crippen molar-refractivity contribution in [1.82, 2.24) is 9.97 Å². The van der Waals surface area contributed by atoms with E-state index in [1.807, 2.05) is 26.8 Å². The van der Waals surface area contributed by atoms with Crippen LogP contribution in [0.25, 0.3) is 0 Å². The van der Waals surface area contributed by atoms with Gasteiger partial charge in [0, 0.05) is 27.8 Å². The van der Waals surface area contributed by atoms with E-state index in [0.717, 1.165) is 27.0 Å². The van der Waals surface area contributed by atoms with Crippen LogP contribution in [-0.2, 0) is 0 Å². The maximum absolute atomic E-state index is 6.21. The number of pyridine rings is 2. The molecule has 0 amide bonds. The molecule has 0 saturated heterocycles. The number of aromatic nitrogens is 2. The van der Waals surface area contributed by atoms with Crippen LogP contribution < -0.4 is 5.73 Å². The molecule has 0 fully saturated rings. The van der Waals surface area contributed by atoms with Gasteiger partial charge in [0.1, 0.15) is 5.15 Å². The molecule has 0 aliphatic heterocycles. The van der Waals surface area contributed by atoms with Gasteiger partial charge < -0.3 is 5.73 Å². The smallest absolute Gasteiger partial charge is 0.132 e. The topological polar surface area (TPSA) is 51.8 Å². The van der Waals surface area contributed by atoms with Gasteiger partial charge in [-0.2, -0.15) is 0 Å². The van der Waals surface area contributed by atoms with E-state index in [9.17, 15) is 0 Å². The number of nitrogens with two attached hydrogens (primary N) is 1. The lowest BCUT2D eigenvalue weighted by molar-refractivity contribution is 0.881. The Morgan fingerprint density at radius 3 is 2.55 bits per heavy atom. The third-order valence-corrected chi connectivity index (χ3v) is 4.53. The van der Waals surface area contributed by atoms with Crippen LogP contribution in [0.1, 0.15) is 35.4 Å². The molecule has 2 rings (SSSR count). The van der Waals surface area contributed by atoms with Gasteiger partial charge in [-0.15, -0.1) is 0 Å². The Kier molecular flexibility index (Phi) is 4.57. The molecular formula is C14H14BrCl2N3. The zero-order valence-corrected chi connectivity index (χ0v) is 14.4. The number of rotatable bonds is 2. The summed E-state index contributed by atoms with van der Waals surface area (Å²) in [6, 6.07) is 1.94. The number of halogens is 3. The summed E-state index contributed by atoms with van der Waals surface area (Å²) in [5.74, 6) is -0.0434. The van der Waals surface area contributed by atoms with Gasteiger partial charge in [-0.05, 0) is 41.4 Å². The summed E-state index contributed by atoms with van der Waals surface area (Å²) in [7, 11) is 0. The van der Waals surface area contributed by atoms with Crippen LogP contribution >= 0.6 is 39.1 Å². The van der Waals surface area contributed by atoms with Gasteiger partial charge >= 0.3 is 0 Å². The first-order chi connectivity index (χ1) is 9.32. The third-order valence-electron chi connectivity index (χ3n) is 3.30. The summed E-state index contributed by atoms with van der Waals surface area (Å²) in [6.07, 6.45) is 1.66. The highest BCUT2D eigenvalue weighted by Gasteiger charge is 2.21. The van der Waals surface area contributed by atoms with Crippen molar-refractivity contribution in [3.8, 4) is 0 Å². The van der Waals surface area contributed by atoms with Crippen LogP contribution in [0.5, 0.6) is 0 Å². The molecule has 0 aliphatic rings. The quantitative estimate of drug-likeness (QED) is 0.760. The summed E-state index contributed by atoms with van der Waals surface area (Å²) >= 11 is 15.8. The number of nitrogen functional groups attached to an aromatic ring is 1. The van der Waals surface area contributed by atoms with Crippen LogP contribution in [0.2, 0.25) is 10.2 Å². The molecule has 6 heteroatoms. The van der Waals surface area contributed by atoms with E-state index in [-0.39, 0.29) is 5.92 Å². The van der Waals surface area contributed by atoms with Crippen LogP contribution in [0.15, 0.2) is 16.7 Å². The first kappa shape index (κ1) is 15.5. The number of hydrogen-bond acceptors (Lipinski definition) is 3. The van der Waals surface area contributed by atoms with Gasteiger partial charge in [-0.25, -0.2) is 4.98 Å². The fraction of sp³-hybridized carbons (Fsp3) is 0.286. The lowest BCUT2D eigenvalue weighted by Crippen LogP contribution is -2.08. The van der Waals surface area contributed by atoms with Gasteiger partial charge in [0.25, 0.3) is 0 Å². The van der Waals surface area contributed by atoms with E-state index in [1.54, 1.807) is 6.20 Å². The number of hydrogen-bond donors (Lipinski definition) is 1. The Hall–Kier alpha value is -0.840. The maximum Gasteiger partial charge on any atom is 0.132 e. The molecule has 0 saturated carbocycles. The standard InChI is InChI=1S/C14H14BrCl2N3/c1-6(10-4-9(15)5-19-14(10)17)11-7(2)20-8(3)12(16)13(11)18/h4-6H,1-3H3,(H2,18,20). The zero-order valence-electron chi connectivity index (χ0n) is 11.3. The van der Waals surface area contributed by atoms with E-state index >= 15 is 0 Å². The average Bonchev–Trinajstić information content (AvgIpc) is 2.39. The van der Waals surface area contributed by atoms with Gasteiger partial charge in [0.2, 0.25) is 0 Å². The minimum absolute atomic E-state index is 0.0434. The maximum atomic E-state index is 6.21. The SMILES string of the molecule is Cc1nc(C)c(C(C)c2cc(Br)cnc2Cl)c(N)c1Cl. The normalized spacial score (nSPS) is 12.5. The molecule has 0 aromatic carbocycles. The summed E-state index contributed by atoms with van der Waals surface area (Å²) in [6.45, 7) is 5.78. The second-order valence-corrected chi connectivity index (χ2v) is 6.33. The number of nitrogens with zero attached hydrogens (tertiary/aromatic N) is 2. The van der Waals surface area contributed by atoms with Gasteiger partial charge in [-0.3, -0.25) is 4.98 Å². The van der Waals surface area contributed by atoms with Crippen LogP contribution in [0, 0.1) is 13.8 Å². The molecule has 20 heavy (non-hydrogen) atoms. The van der Waals surface area contributed by atoms with E-state index in [4.69, 9.17) is 28.9 Å². The van der Waals surface area contributed by atoms with Crippen molar-refractivity contribution in [2.75, 3.05) is 5.73 Å². The first-order valence-corrected chi connectivity index (χ1v) is 7.60. The highest BCUT2D eigenvalue weighted by atomic mass is 79.9. The minimum Gasteiger partial charge on any atom is -0.397 e. The van der Waals surface area contributed by atoms with Crippen LogP contribution in [-0.4, -0.2) is 9.97 Å². The fourth-order valence-corrected chi connectivity index (χ4v) is 3.07. The Bertz CT molecular complexity index is 674. The van der Waals surface area contributed by atoms with Crippen molar-refractivity contribution in [2.24, 2.45) is 0 Å². The molecule has 1 atom stereocenters. The van der Waals surface area contributed by atoms with Crippen molar-refractivity contribution in [1.29, 1.82) is 0 Å². The Balaban J connectivity index is 2.62. The van der Waals surface area contributed by atoms with Gasteiger partial charge in [0.05, 0.1) is 16.4 Å². The van der Waals surface area contributed by atoms with Crippen molar-refractivity contribution < 1.29 is 0 Å². The fourth-order valence-electron chi connectivity index (χ4n) is 2.31. The molecule has 0 spiro atoms. The average molecular weight is 375 g/mol. The van der Waals surface area contributed by atoms with Crippen molar-refractivity contribution >= 4 is 44.8 Å². The molecule has 2 aromatic rings.